The summed E-state index contributed by atoms with van der Waals surface area (Å²) < 4.78 is 19.5. The normalized spacial score (nSPS) is 19.8. The average molecular weight is 533 g/mol. The highest BCUT2D eigenvalue weighted by molar-refractivity contribution is 14.0. The first-order valence-electron chi connectivity index (χ1n) is 10.3. The third kappa shape index (κ3) is 6.52. The van der Waals surface area contributed by atoms with Gasteiger partial charge in [-0.05, 0) is 44.6 Å². The van der Waals surface area contributed by atoms with Crippen molar-refractivity contribution in [2.24, 2.45) is 4.99 Å². The number of carbonyl (C=O) groups excluding carboxylic acids is 1. The van der Waals surface area contributed by atoms with Gasteiger partial charge in [0.2, 0.25) is 0 Å². The quantitative estimate of drug-likeness (QED) is 0.356. The van der Waals surface area contributed by atoms with Crippen molar-refractivity contribution < 1.29 is 13.9 Å². The van der Waals surface area contributed by atoms with E-state index in [1.54, 1.807) is 13.1 Å². The van der Waals surface area contributed by atoms with Gasteiger partial charge >= 0.3 is 0 Å². The third-order valence-electron chi connectivity index (χ3n) is 5.36. The molecule has 0 aliphatic carbocycles. The number of ether oxygens (including phenoxy) is 1. The molecule has 0 saturated carbocycles. The zero-order valence-corrected chi connectivity index (χ0v) is 20.4. The van der Waals surface area contributed by atoms with Gasteiger partial charge in [0.1, 0.15) is 11.9 Å². The van der Waals surface area contributed by atoms with E-state index in [-0.39, 0.29) is 41.8 Å². The molecular weight excluding hydrogens is 500 g/mol. The van der Waals surface area contributed by atoms with Gasteiger partial charge in [0.25, 0.3) is 5.91 Å². The van der Waals surface area contributed by atoms with Crippen LogP contribution >= 0.6 is 24.0 Å². The molecule has 1 amide bonds. The molecule has 1 aromatic rings. The number of aliphatic imine (C=N–C) groups is 1. The number of rotatable bonds is 5. The molecule has 2 heterocycles. The molecule has 0 bridgehead atoms. The summed E-state index contributed by atoms with van der Waals surface area (Å²) in [6, 6.07) is 5.22. The lowest BCUT2D eigenvalue weighted by Crippen LogP contribution is -2.55. The van der Waals surface area contributed by atoms with E-state index >= 15 is 0 Å². The average Bonchev–Trinajstić information content (AvgIpc) is 3.25. The number of nitrogens with zero attached hydrogens (tertiary/aromatic N) is 4. The summed E-state index contributed by atoms with van der Waals surface area (Å²) in [5.74, 6) is 0.733. The summed E-state index contributed by atoms with van der Waals surface area (Å²) >= 11 is 0. The van der Waals surface area contributed by atoms with Crippen LogP contribution < -0.4 is 5.32 Å². The van der Waals surface area contributed by atoms with Crippen LogP contribution in [0.5, 0.6) is 0 Å². The lowest BCUT2D eigenvalue weighted by molar-refractivity contribution is -0.142. The summed E-state index contributed by atoms with van der Waals surface area (Å²) in [5.41, 5.74) is 1.70. The molecular formula is C21H33FIN5O2. The molecule has 1 atom stereocenters. The van der Waals surface area contributed by atoms with Gasteiger partial charge in [0.15, 0.2) is 5.96 Å². The molecule has 1 aromatic carbocycles. The number of carbonyl (C=O) groups is 1. The van der Waals surface area contributed by atoms with E-state index < -0.39 is 0 Å². The number of piperazine rings is 1. The van der Waals surface area contributed by atoms with Gasteiger partial charge < -0.3 is 24.8 Å². The van der Waals surface area contributed by atoms with E-state index in [0.29, 0.717) is 38.3 Å². The van der Waals surface area contributed by atoms with Crippen LogP contribution in [0.15, 0.2) is 23.2 Å². The zero-order chi connectivity index (χ0) is 20.8. The van der Waals surface area contributed by atoms with Crippen LogP contribution in [-0.4, -0.2) is 86.6 Å². The Labute approximate surface area is 195 Å². The molecule has 2 saturated heterocycles. The number of nitrogens with one attached hydrogen (secondary N) is 1. The van der Waals surface area contributed by atoms with E-state index in [1.807, 2.05) is 30.0 Å². The SMILES string of the molecule is CN=C(NCc1ccc(F)c(CN(C)C)c1)N1CCN(C(=O)C2CCCO2)CC1.I. The smallest absolute Gasteiger partial charge is 0.251 e. The van der Waals surface area contributed by atoms with Gasteiger partial charge in [-0.25, -0.2) is 4.39 Å². The molecule has 1 unspecified atom stereocenters. The fraction of sp³-hybridized carbons (Fsp3) is 0.619. The molecule has 0 radical (unpaired) electrons. The van der Waals surface area contributed by atoms with Crippen LogP contribution in [0.1, 0.15) is 24.0 Å². The van der Waals surface area contributed by atoms with Crippen molar-refractivity contribution in [1.29, 1.82) is 0 Å². The predicted octanol–water partition coefficient (Wildman–Crippen LogP) is 1.90. The maximum atomic E-state index is 14.0. The van der Waals surface area contributed by atoms with Gasteiger partial charge in [-0.2, -0.15) is 0 Å². The Balaban J connectivity index is 0.00000320. The van der Waals surface area contributed by atoms with Gasteiger partial charge in [-0.3, -0.25) is 9.79 Å². The Morgan fingerprint density at radius 2 is 1.97 bits per heavy atom. The minimum absolute atomic E-state index is 0. The summed E-state index contributed by atoms with van der Waals surface area (Å²) in [6.45, 7) is 4.62. The molecule has 2 fully saturated rings. The summed E-state index contributed by atoms with van der Waals surface area (Å²) in [5, 5.41) is 3.37. The highest BCUT2D eigenvalue weighted by Crippen LogP contribution is 2.16. The van der Waals surface area contributed by atoms with Crippen molar-refractivity contribution in [3.05, 3.63) is 35.1 Å². The zero-order valence-electron chi connectivity index (χ0n) is 18.1. The van der Waals surface area contributed by atoms with Crippen molar-refractivity contribution in [3.63, 3.8) is 0 Å². The van der Waals surface area contributed by atoms with Crippen molar-refractivity contribution in [2.45, 2.75) is 32.0 Å². The van der Waals surface area contributed by atoms with Gasteiger partial charge in [-0.15, -0.1) is 24.0 Å². The first-order valence-corrected chi connectivity index (χ1v) is 10.3. The van der Waals surface area contributed by atoms with Gasteiger partial charge in [-0.1, -0.05) is 6.07 Å². The number of guanidine groups is 1. The van der Waals surface area contributed by atoms with Crippen LogP contribution in [0.25, 0.3) is 0 Å². The molecule has 0 spiro atoms. The molecule has 30 heavy (non-hydrogen) atoms. The number of benzene rings is 1. The Kier molecular flexibility index (Phi) is 9.76. The maximum Gasteiger partial charge on any atom is 0.251 e. The van der Waals surface area contributed by atoms with E-state index in [1.165, 1.54) is 6.07 Å². The molecule has 1 N–H and O–H groups in total. The Bertz CT molecular complexity index is 732. The highest BCUT2D eigenvalue weighted by Gasteiger charge is 2.30. The third-order valence-corrected chi connectivity index (χ3v) is 5.36. The lowest BCUT2D eigenvalue weighted by Gasteiger charge is -2.37. The van der Waals surface area contributed by atoms with Crippen LogP contribution in [0.4, 0.5) is 4.39 Å². The summed E-state index contributed by atoms with van der Waals surface area (Å²) in [4.78, 5) is 22.9. The second kappa shape index (κ2) is 11.8. The Morgan fingerprint density at radius 1 is 1.27 bits per heavy atom. The van der Waals surface area contributed by atoms with Crippen LogP contribution in [0.3, 0.4) is 0 Å². The molecule has 7 nitrogen and oxygen atoms in total. The second-order valence-electron chi connectivity index (χ2n) is 7.88. The minimum atomic E-state index is -0.256. The molecule has 2 aliphatic rings. The van der Waals surface area contributed by atoms with Crippen molar-refractivity contribution in [2.75, 3.05) is 53.9 Å². The topological polar surface area (TPSA) is 60.4 Å². The van der Waals surface area contributed by atoms with E-state index in [4.69, 9.17) is 4.74 Å². The monoisotopic (exact) mass is 533 g/mol. The second-order valence-corrected chi connectivity index (χ2v) is 7.88. The molecule has 168 valence electrons. The number of amides is 1. The van der Waals surface area contributed by atoms with Crippen molar-refractivity contribution >= 4 is 35.8 Å². The largest absolute Gasteiger partial charge is 0.368 e. The molecule has 9 heteroatoms. The number of halogens is 2. The fourth-order valence-corrected chi connectivity index (χ4v) is 3.83. The minimum Gasteiger partial charge on any atom is -0.368 e. The number of hydrogen-bond donors (Lipinski definition) is 1. The Hall–Kier alpha value is -1.46. The standard InChI is InChI=1S/C21H32FN5O2.HI/c1-23-21(24-14-16-6-7-18(22)17(13-16)15-25(2)3)27-10-8-26(9-11-27)20(28)19-5-4-12-29-19;/h6-7,13,19H,4-5,8-12,14-15H2,1-3H3,(H,23,24);1H. The van der Waals surface area contributed by atoms with E-state index in [9.17, 15) is 9.18 Å². The maximum absolute atomic E-state index is 14.0. The Morgan fingerprint density at radius 3 is 2.57 bits per heavy atom. The first kappa shape index (κ1) is 24.8. The van der Waals surface area contributed by atoms with Crippen LogP contribution in [0.2, 0.25) is 0 Å². The summed E-state index contributed by atoms with van der Waals surface area (Å²) in [6.07, 6.45) is 1.54. The lowest BCUT2D eigenvalue weighted by atomic mass is 10.1. The first-order chi connectivity index (χ1) is 14.0. The van der Waals surface area contributed by atoms with Crippen molar-refractivity contribution in [1.82, 2.24) is 20.0 Å². The predicted molar refractivity (Wildman–Crippen MR) is 127 cm³/mol. The van der Waals surface area contributed by atoms with Crippen LogP contribution in [0, 0.1) is 5.82 Å². The molecule has 0 aromatic heterocycles. The fourth-order valence-electron chi connectivity index (χ4n) is 3.83. The number of hydrogen-bond acceptors (Lipinski definition) is 4. The van der Waals surface area contributed by atoms with Gasteiger partial charge in [0.05, 0.1) is 0 Å². The van der Waals surface area contributed by atoms with Crippen molar-refractivity contribution in [3.8, 4) is 0 Å². The van der Waals surface area contributed by atoms with Crippen LogP contribution in [-0.2, 0) is 22.6 Å². The molecule has 2 aliphatic heterocycles. The van der Waals surface area contributed by atoms with E-state index in [0.717, 1.165) is 37.5 Å². The van der Waals surface area contributed by atoms with E-state index in [2.05, 4.69) is 15.2 Å². The summed E-state index contributed by atoms with van der Waals surface area (Å²) in [7, 11) is 5.61. The highest BCUT2D eigenvalue weighted by atomic mass is 127. The molecule has 3 rings (SSSR count). The van der Waals surface area contributed by atoms with Gasteiger partial charge in [0, 0.05) is 58.5 Å².